The summed E-state index contributed by atoms with van der Waals surface area (Å²) in [4.78, 5) is 22.7. The normalized spacial score (nSPS) is 11.6. The number of methoxy groups -OCH3 is 1. The molecule has 6 nitrogen and oxygen atoms in total. The first-order valence-electron chi connectivity index (χ1n) is 6.38. The second kappa shape index (κ2) is 7.49. The molecule has 110 valence electrons. The van der Waals surface area contributed by atoms with Crippen molar-refractivity contribution in [2.45, 2.75) is 19.9 Å². The smallest absolute Gasteiger partial charge is 0.239 e. The van der Waals surface area contributed by atoms with Gasteiger partial charge in [-0.25, -0.2) is 0 Å². The average Bonchev–Trinajstić information content (AvgIpc) is 2.44. The largest absolute Gasteiger partial charge is 0.496 e. The van der Waals surface area contributed by atoms with Crippen molar-refractivity contribution in [3.8, 4) is 5.75 Å². The molecule has 0 aromatic heterocycles. The first-order valence-corrected chi connectivity index (χ1v) is 6.38. The molecule has 4 N–H and O–H groups in total. The van der Waals surface area contributed by atoms with E-state index in [0.717, 1.165) is 16.9 Å². The second-order valence-corrected chi connectivity index (χ2v) is 4.52. The monoisotopic (exact) mass is 279 g/mol. The number of carbonyl (C=O) groups is 2. The van der Waals surface area contributed by atoms with Crippen LogP contribution >= 0.6 is 0 Å². The van der Waals surface area contributed by atoms with E-state index in [2.05, 4.69) is 10.6 Å². The summed E-state index contributed by atoms with van der Waals surface area (Å²) in [5.74, 6) is 0.0817. The molecule has 0 saturated carbocycles. The molecular weight excluding hydrogens is 258 g/mol. The maximum Gasteiger partial charge on any atom is 0.239 e. The summed E-state index contributed by atoms with van der Waals surface area (Å²) >= 11 is 0. The standard InChI is InChI=1S/C14H21N3O3/c1-9-4-5-12(20-3)11(6-9)10(2)17-14(19)8-16-13(18)7-15/h4-6,10H,7-8,15H2,1-3H3,(H,16,18)(H,17,19). The summed E-state index contributed by atoms with van der Waals surface area (Å²) in [6, 6.07) is 5.55. The van der Waals surface area contributed by atoms with E-state index in [1.54, 1.807) is 7.11 Å². The van der Waals surface area contributed by atoms with Crippen LogP contribution in [0.3, 0.4) is 0 Å². The van der Waals surface area contributed by atoms with Crippen LogP contribution in [0, 0.1) is 6.92 Å². The first-order chi connectivity index (χ1) is 9.47. The van der Waals surface area contributed by atoms with Crippen LogP contribution in [0.5, 0.6) is 5.75 Å². The molecule has 0 heterocycles. The first kappa shape index (κ1) is 16.0. The lowest BCUT2D eigenvalue weighted by atomic mass is 10.0. The molecule has 20 heavy (non-hydrogen) atoms. The van der Waals surface area contributed by atoms with Gasteiger partial charge in [-0.2, -0.15) is 0 Å². The van der Waals surface area contributed by atoms with E-state index in [0.29, 0.717) is 0 Å². The highest BCUT2D eigenvalue weighted by Crippen LogP contribution is 2.25. The minimum atomic E-state index is -0.360. The molecule has 1 aromatic rings. The molecule has 0 aliphatic carbocycles. The van der Waals surface area contributed by atoms with Gasteiger partial charge in [-0.3, -0.25) is 9.59 Å². The van der Waals surface area contributed by atoms with E-state index < -0.39 is 0 Å². The molecule has 0 fully saturated rings. The molecule has 0 spiro atoms. The third-order valence-corrected chi connectivity index (χ3v) is 2.86. The molecule has 0 saturated heterocycles. The van der Waals surface area contributed by atoms with Gasteiger partial charge in [-0.1, -0.05) is 17.7 Å². The quantitative estimate of drug-likeness (QED) is 0.696. The van der Waals surface area contributed by atoms with E-state index in [4.69, 9.17) is 10.5 Å². The Bertz CT molecular complexity index is 489. The molecule has 1 rings (SSSR count). The maximum absolute atomic E-state index is 11.7. The van der Waals surface area contributed by atoms with Crippen molar-refractivity contribution in [2.75, 3.05) is 20.2 Å². The average molecular weight is 279 g/mol. The van der Waals surface area contributed by atoms with E-state index in [9.17, 15) is 9.59 Å². The summed E-state index contributed by atoms with van der Waals surface area (Å²) < 4.78 is 5.28. The predicted molar refractivity (Wildman–Crippen MR) is 76.4 cm³/mol. The molecule has 2 amide bonds. The minimum absolute atomic E-state index is 0.0888. The highest BCUT2D eigenvalue weighted by atomic mass is 16.5. The van der Waals surface area contributed by atoms with Crippen LogP contribution in [0.2, 0.25) is 0 Å². The van der Waals surface area contributed by atoms with Crippen molar-refractivity contribution in [3.63, 3.8) is 0 Å². The Labute approximate surface area is 118 Å². The number of ether oxygens (including phenoxy) is 1. The lowest BCUT2D eigenvalue weighted by molar-refractivity contribution is -0.125. The number of nitrogens with one attached hydrogen (secondary N) is 2. The number of hydrogen-bond donors (Lipinski definition) is 3. The van der Waals surface area contributed by atoms with Gasteiger partial charge in [-0.05, 0) is 19.9 Å². The van der Waals surface area contributed by atoms with Gasteiger partial charge >= 0.3 is 0 Å². The van der Waals surface area contributed by atoms with Crippen molar-refractivity contribution in [1.82, 2.24) is 10.6 Å². The lowest BCUT2D eigenvalue weighted by Gasteiger charge is -2.18. The number of amides is 2. The molecule has 0 aliphatic heterocycles. The van der Waals surface area contributed by atoms with Gasteiger partial charge in [0.1, 0.15) is 5.75 Å². The van der Waals surface area contributed by atoms with Gasteiger partial charge in [0.05, 0.1) is 26.2 Å². The van der Waals surface area contributed by atoms with Crippen molar-refractivity contribution in [2.24, 2.45) is 5.73 Å². The van der Waals surface area contributed by atoms with Crippen LogP contribution < -0.4 is 21.1 Å². The summed E-state index contributed by atoms with van der Waals surface area (Å²) in [6.07, 6.45) is 0. The van der Waals surface area contributed by atoms with Crippen molar-refractivity contribution in [1.29, 1.82) is 0 Å². The van der Waals surface area contributed by atoms with Gasteiger partial charge in [0.25, 0.3) is 0 Å². The van der Waals surface area contributed by atoms with E-state index in [-0.39, 0.29) is 30.9 Å². The number of hydrogen-bond acceptors (Lipinski definition) is 4. The molecule has 0 aliphatic rings. The molecule has 1 unspecified atom stereocenters. The summed E-state index contributed by atoms with van der Waals surface area (Å²) in [6.45, 7) is 3.61. The fraction of sp³-hybridized carbons (Fsp3) is 0.429. The van der Waals surface area contributed by atoms with Crippen LogP contribution in [0.15, 0.2) is 18.2 Å². The van der Waals surface area contributed by atoms with Crippen molar-refractivity contribution >= 4 is 11.8 Å². The van der Waals surface area contributed by atoms with Gasteiger partial charge in [0.15, 0.2) is 0 Å². The highest BCUT2D eigenvalue weighted by Gasteiger charge is 2.14. The fourth-order valence-corrected chi connectivity index (χ4v) is 1.81. The second-order valence-electron chi connectivity index (χ2n) is 4.52. The molecule has 1 aromatic carbocycles. The minimum Gasteiger partial charge on any atom is -0.496 e. The topological polar surface area (TPSA) is 93.5 Å². The van der Waals surface area contributed by atoms with Gasteiger partial charge in [-0.15, -0.1) is 0 Å². The molecule has 0 radical (unpaired) electrons. The van der Waals surface area contributed by atoms with Gasteiger partial charge < -0.3 is 21.1 Å². The molecule has 6 heteroatoms. The Morgan fingerprint density at radius 2 is 2.05 bits per heavy atom. The number of rotatable bonds is 6. The van der Waals surface area contributed by atoms with Gasteiger partial charge in [0.2, 0.25) is 11.8 Å². The molecule has 1 atom stereocenters. The molecule has 0 bridgehead atoms. The Morgan fingerprint density at radius 1 is 1.35 bits per heavy atom. The Morgan fingerprint density at radius 3 is 2.65 bits per heavy atom. The summed E-state index contributed by atoms with van der Waals surface area (Å²) in [5.41, 5.74) is 7.12. The highest BCUT2D eigenvalue weighted by molar-refractivity contribution is 5.85. The van der Waals surface area contributed by atoms with E-state index in [1.807, 2.05) is 32.0 Å². The lowest BCUT2D eigenvalue weighted by Crippen LogP contribution is -2.40. The summed E-state index contributed by atoms with van der Waals surface area (Å²) in [7, 11) is 1.59. The zero-order valence-electron chi connectivity index (χ0n) is 12.0. The zero-order chi connectivity index (χ0) is 15.1. The predicted octanol–water partition coefficient (Wildman–Crippen LogP) is 0.256. The van der Waals surface area contributed by atoms with E-state index >= 15 is 0 Å². The van der Waals surface area contributed by atoms with Crippen LogP contribution in [-0.4, -0.2) is 32.0 Å². The Kier molecular flexibility index (Phi) is 5.99. The Balaban J connectivity index is 2.66. The van der Waals surface area contributed by atoms with Crippen molar-refractivity contribution < 1.29 is 14.3 Å². The van der Waals surface area contributed by atoms with E-state index in [1.165, 1.54) is 0 Å². The SMILES string of the molecule is COc1ccc(C)cc1C(C)NC(=O)CNC(=O)CN. The van der Waals surface area contributed by atoms with Crippen molar-refractivity contribution in [3.05, 3.63) is 29.3 Å². The number of carbonyl (C=O) groups excluding carboxylic acids is 2. The Hall–Kier alpha value is -2.08. The number of nitrogens with two attached hydrogens (primary N) is 1. The van der Waals surface area contributed by atoms with Crippen LogP contribution in [0.25, 0.3) is 0 Å². The van der Waals surface area contributed by atoms with Gasteiger partial charge in [0, 0.05) is 5.56 Å². The third-order valence-electron chi connectivity index (χ3n) is 2.86. The number of benzene rings is 1. The van der Waals surface area contributed by atoms with Crippen LogP contribution in [0.1, 0.15) is 24.1 Å². The molecular formula is C14H21N3O3. The number of aryl methyl sites for hydroxylation is 1. The van der Waals surface area contributed by atoms with Crippen LogP contribution in [-0.2, 0) is 9.59 Å². The fourth-order valence-electron chi connectivity index (χ4n) is 1.81. The summed E-state index contributed by atoms with van der Waals surface area (Å²) in [5, 5.41) is 5.22. The van der Waals surface area contributed by atoms with Crippen LogP contribution in [0.4, 0.5) is 0 Å². The third kappa shape index (κ3) is 4.55. The maximum atomic E-state index is 11.7. The zero-order valence-corrected chi connectivity index (χ0v) is 12.0.